The fourth-order valence-electron chi connectivity index (χ4n) is 1.97. The van der Waals surface area contributed by atoms with Crippen molar-refractivity contribution in [1.29, 1.82) is 0 Å². The van der Waals surface area contributed by atoms with E-state index < -0.39 is 5.97 Å². The highest BCUT2D eigenvalue weighted by Crippen LogP contribution is 2.37. The van der Waals surface area contributed by atoms with Gasteiger partial charge in [0.15, 0.2) is 0 Å². The summed E-state index contributed by atoms with van der Waals surface area (Å²) in [4.78, 5) is 10.8. The lowest BCUT2D eigenvalue weighted by molar-refractivity contribution is 0.0697. The Labute approximate surface area is 86.9 Å². The number of rotatable bonds is 2. The van der Waals surface area contributed by atoms with Crippen LogP contribution < -0.4 is 0 Å². The summed E-state index contributed by atoms with van der Waals surface area (Å²) < 4.78 is 2.24. The van der Waals surface area contributed by atoms with Gasteiger partial charge in [0.05, 0.1) is 5.56 Å². The van der Waals surface area contributed by atoms with Crippen molar-refractivity contribution in [2.75, 3.05) is 0 Å². The number of nitrogens with zero attached hydrogens (tertiary/aromatic N) is 1. The van der Waals surface area contributed by atoms with Gasteiger partial charge in [-0.25, -0.2) is 4.79 Å². The van der Waals surface area contributed by atoms with Crippen LogP contribution in [0.2, 0.25) is 0 Å². The number of fused-ring (bicyclic) bond motifs is 1. The monoisotopic (exact) mass is 201 g/mol. The molecule has 1 fully saturated rings. The van der Waals surface area contributed by atoms with Gasteiger partial charge in [-0.2, -0.15) is 0 Å². The standard InChI is InChI=1S/C12H11NO2/c14-12(15)9-1-4-11-8(7-9)5-6-13(11)10-2-3-10/h1,4-7,10H,2-3H2,(H,14,15). The molecule has 2 aromatic rings. The topological polar surface area (TPSA) is 42.2 Å². The van der Waals surface area contributed by atoms with E-state index in [-0.39, 0.29) is 0 Å². The van der Waals surface area contributed by atoms with Gasteiger partial charge in [-0.05, 0) is 37.1 Å². The Hall–Kier alpha value is -1.77. The van der Waals surface area contributed by atoms with E-state index in [1.807, 2.05) is 18.3 Å². The van der Waals surface area contributed by atoms with Crippen LogP contribution in [0.5, 0.6) is 0 Å². The lowest BCUT2D eigenvalue weighted by Crippen LogP contribution is -1.96. The van der Waals surface area contributed by atoms with Gasteiger partial charge in [0, 0.05) is 23.1 Å². The highest BCUT2D eigenvalue weighted by molar-refractivity contribution is 5.93. The molecule has 0 spiro atoms. The molecule has 1 aromatic heterocycles. The maximum atomic E-state index is 10.8. The Bertz CT molecular complexity index is 538. The molecule has 1 saturated carbocycles. The minimum atomic E-state index is -0.865. The first-order chi connectivity index (χ1) is 7.25. The van der Waals surface area contributed by atoms with Crippen LogP contribution in [0.1, 0.15) is 29.2 Å². The number of carboxylic acids is 1. The van der Waals surface area contributed by atoms with E-state index in [4.69, 9.17) is 5.11 Å². The maximum absolute atomic E-state index is 10.8. The molecule has 0 aliphatic heterocycles. The molecule has 0 saturated heterocycles. The molecule has 0 bridgehead atoms. The Morgan fingerprint density at radius 1 is 1.33 bits per heavy atom. The third kappa shape index (κ3) is 1.31. The lowest BCUT2D eigenvalue weighted by atomic mass is 10.1. The Kier molecular flexibility index (Phi) is 1.63. The average Bonchev–Trinajstić information content (AvgIpc) is 2.98. The van der Waals surface area contributed by atoms with Gasteiger partial charge < -0.3 is 9.67 Å². The molecular weight excluding hydrogens is 190 g/mol. The number of carboxylic acid groups (broad SMARTS) is 1. The summed E-state index contributed by atoms with van der Waals surface area (Å²) >= 11 is 0. The number of aromatic carboxylic acids is 1. The van der Waals surface area contributed by atoms with Gasteiger partial charge >= 0.3 is 5.97 Å². The zero-order chi connectivity index (χ0) is 10.4. The molecule has 0 radical (unpaired) electrons. The quantitative estimate of drug-likeness (QED) is 0.811. The minimum Gasteiger partial charge on any atom is -0.478 e. The second-order valence-corrected chi connectivity index (χ2v) is 4.03. The fourth-order valence-corrected chi connectivity index (χ4v) is 1.97. The summed E-state index contributed by atoms with van der Waals surface area (Å²) in [5.74, 6) is -0.865. The van der Waals surface area contributed by atoms with Crippen LogP contribution in [0.15, 0.2) is 30.5 Å². The third-order valence-corrected chi connectivity index (χ3v) is 2.91. The maximum Gasteiger partial charge on any atom is 0.335 e. The van der Waals surface area contributed by atoms with Gasteiger partial charge in [-0.1, -0.05) is 0 Å². The van der Waals surface area contributed by atoms with E-state index in [1.165, 1.54) is 12.8 Å². The van der Waals surface area contributed by atoms with Crippen LogP contribution >= 0.6 is 0 Å². The number of aromatic nitrogens is 1. The van der Waals surface area contributed by atoms with Crippen molar-refractivity contribution in [2.45, 2.75) is 18.9 Å². The first kappa shape index (κ1) is 8.53. The van der Waals surface area contributed by atoms with Crippen LogP contribution in [0.3, 0.4) is 0 Å². The Morgan fingerprint density at radius 2 is 2.13 bits per heavy atom. The Balaban J connectivity index is 2.17. The van der Waals surface area contributed by atoms with E-state index in [9.17, 15) is 4.79 Å². The first-order valence-corrected chi connectivity index (χ1v) is 5.09. The molecular formula is C12H11NO2. The lowest BCUT2D eigenvalue weighted by Gasteiger charge is -2.02. The SMILES string of the molecule is O=C(O)c1ccc2c(ccn2C2CC2)c1. The molecule has 1 aromatic carbocycles. The van der Waals surface area contributed by atoms with Crippen LogP contribution in [-0.4, -0.2) is 15.6 Å². The molecule has 3 nitrogen and oxygen atoms in total. The molecule has 1 aliphatic rings. The Morgan fingerprint density at radius 3 is 2.80 bits per heavy atom. The largest absolute Gasteiger partial charge is 0.478 e. The van der Waals surface area contributed by atoms with Gasteiger partial charge in [0.25, 0.3) is 0 Å². The fraction of sp³-hybridized carbons (Fsp3) is 0.250. The number of hydrogen-bond acceptors (Lipinski definition) is 1. The molecule has 3 heteroatoms. The van der Waals surface area contributed by atoms with E-state index in [0.29, 0.717) is 11.6 Å². The van der Waals surface area contributed by atoms with E-state index in [0.717, 1.165) is 10.9 Å². The van der Waals surface area contributed by atoms with Crippen molar-refractivity contribution in [3.8, 4) is 0 Å². The van der Waals surface area contributed by atoms with Gasteiger partial charge in [0.2, 0.25) is 0 Å². The number of carbonyl (C=O) groups is 1. The van der Waals surface area contributed by atoms with E-state index in [2.05, 4.69) is 4.57 Å². The zero-order valence-corrected chi connectivity index (χ0v) is 8.18. The second-order valence-electron chi connectivity index (χ2n) is 4.03. The van der Waals surface area contributed by atoms with Crippen molar-refractivity contribution in [3.05, 3.63) is 36.0 Å². The highest BCUT2D eigenvalue weighted by Gasteiger charge is 2.24. The highest BCUT2D eigenvalue weighted by atomic mass is 16.4. The summed E-state index contributed by atoms with van der Waals surface area (Å²) in [5, 5.41) is 9.88. The van der Waals surface area contributed by atoms with Gasteiger partial charge in [0.1, 0.15) is 0 Å². The predicted molar refractivity (Wildman–Crippen MR) is 57.2 cm³/mol. The van der Waals surface area contributed by atoms with Crippen LogP contribution in [0.4, 0.5) is 0 Å². The first-order valence-electron chi connectivity index (χ1n) is 5.09. The molecule has 1 N–H and O–H groups in total. The van der Waals surface area contributed by atoms with Gasteiger partial charge in [-0.15, -0.1) is 0 Å². The van der Waals surface area contributed by atoms with Crippen molar-refractivity contribution in [2.24, 2.45) is 0 Å². The van der Waals surface area contributed by atoms with Crippen molar-refractivity contribution in [3.63, 3.8) is 0 Å². The molecule has 0 unspecified atom stereocenters. The second kappa shape index (κ2) is 2.86. The molecule has 1 heterocycles. The molecule has 76 valence electrons. The molecule has 1 aliphatic carbocycles. The molecule has 0 atom stereocenters. The van der Waals surface area contributed by atoms with Crippen LogP contribution in [0.25, 0.3) is 10.9 Å². The minimum absolute atomic E-state index is 0.357. The zero-order valence-electron chi connectivity index (χ0n) is 8.18. The normalized spacial score (nSPS) is 15.7. The van der Waals surface area contributed by atoms with Crippen molar-refractivity contribution in [1.82, 2.24) is 4.57 Å². The van der Waals surface area contributed by atoms with Gasteiger partial charge in [-0.3, -0.25) is 0 Å². The number of benzene rings is 1. The summed E-state index contributed by atoms with van der Waals surface area (Å²) in [6.45, 7) is 0. The average molecular weight is 201 g/mol. The third-order valence-electron chi connectivity index (χ3n) is 2.91. The van der Waals surface area contributed by atoms with E-state index >= 15 is 0 Å². The molecule has 15 heavy (non-hydrogen) atoms. The van der Waals surface area contributed by atoms with E-state index in [1.54, 1.807) is 12.1 Å². The summed E-state index contributed by atoms with van der Waals surface area (Å²) in [7, 11) is 0. The summed E-state index contributed by atoms with van der Waals surface area (Å²) in [6, 6.07) is 7.93. The predicted octanol–water partition coefficient (Wildman–Crippen LogP) is 2.67. The summed E-state index contributed by atoms with van der Waals surface area (Å²) in [6.07, 6.45) is 4.53. The van der Waals surface area contributed by atoms with Crippen LogP contribution in [-0.2, 0) is 0 Å². The number of hydrogen-bond donors (Lipinski definition) is 1. The summed E-state index contributed by atoms with van der Waals surface area (Å²) in [5.41, 5.74) is 1.50. The molecule has 0 amide bonds. The van der Waals surface area contributed by atoms with Crippen molar-refractivity contribution < 1.29 is 9.90 Å². The molecule has 3 rings (SSSR count). The van der Waals surface area contributed by atoms with Crippen molar-refractivity contribution >= 4 is 16.9 Å². The smallest absolute Gasteiger partial charge is 0.335 e. The van der Waals surface area contributed by atoms with Crippen LogP contribution in [0, 0.1) is 0 Å².